The SMILES string of the molecule is CCN(CC)C[C@@]1(O)C[C@H]2[C@@H]3CC[C@H]([C@H](C)CCCC(C)C)[C@@]3(C)CC[C@@H]2[C@@]2(C)CC[C@H](O)C[C@]12O. The molecule has 36 heavy (non-hydrogen) atoms. The van der Waals surface area contributed by atoms with Crippen molar-refractivity contribution < 1.29 is 15.3 Å². The molecule has 0 unspecified atom stereocenters. The summed E-state index contributed by atoms with van der Waals surface area (Å²) in [4.78, 5) is 2.29. The van der Waals surface area contributed by atoms with E-state index in [9.17, 15) is 15.3 Å². The molecule has 4 aliphatic rings. The van der Waals surface area contributed by atoms with Crippen molar-refractivity contribution in [2.75, 3.05) is 19.6 Å². The first kappa shape index (κ1) is 28.8. The molecule has 0 aliphatic heterocycles. The molecule has 0 aromatic rings. The smallest absolute Gasteiger partial charge is 0.107 e. The Labute approximate surface area is 222 Å². The van der Waals surface area contributed by atoms with Crippen molar-refractivity contribution in [3.8, 4) is 0 Å². The van der Waals surface area contributed by atoms with Crippen LogP contribution in [-0.4, -0.2) is 57.2 Å². The molecule has 0 amide bonds. The third kappa shape index (κ3) is 4.52. The second-order valence-corrected chi connectivity index (χ2v) is 14.8. The van der Waals surface area contributed by atoms with Crippen molar-refractivity contribution in [1.29, 1.82) is 0 Å². The van der Waals surface area contributed by atoms with Crippen LogP contribution in [0.15, 0.2) is 0 Å². The Hall–Kier alpha value is -0.160. The highest BCUT2D eigenvalue weighted by Gasteiger charge is 2.72. The van der Waals surface area contributed by atoms with Gasteiger partial charge in [-0.05, 0) is 99.0 Å². The van der Waals surface area contributed by atoms with Crippen LogP contribution in [0.4, 0.5) is 0 Å². The van der Waals surface area contributed by atoms with E-state index in [-0.39, 0.29) is 5.41 Å². The van der Waals surface area contributed by atoms with E-state index in [2.05, 4.69) is 53.4 Å². The number of rotatable bonds is 9. The minimum atomic E-state index is -1.22. The highest BCUT2D eigenvalue weighted by molar-refractivity contribution is 5.22. The summed E-state index contributed by atoms with van der Waals surface area (Å²) in [5.41, 5.74) is -2.37. The van der Waals surface area contributed by atoms with Gasteiger partial charge in [0, 0.05) is 18.4 Å². The van der Waals surface area contributed by atoms with Crippen molar-refractivity contribution in [1.82, 2.24) is 4.90 Å². The van der Waals surface area contributed by atoms with E-state index in [0.717, 1.165) is 43.7 Å². The Balaban J connectivity index is 1.64. The normalized spacial score (nSPS) is 47.5. The maximum Gasteiger partial charge on any atom is 0.107 e. The van der Waals surface area contributed by atoms with Gasteiger partial charge in [0.1, 0.15) is 11.2 Å². The van der Waals surface area contributed by atoms with Crippen LogP contribution in [0.5, 0.6) is 0 Å². The van der Waals surface area contributed by atoms with Crippen LogP contribution < -0.4 is 0 Å². The lowest BCUT2D eigenvalue weighted by Gasteiger charge is -2.69. The molecule has 0 aromatic carbocycles. The molecule has 0 spiro atoms. The van der Waals surface area contributed by atoms with Gasteiger partial charge in [0.15, 0.2) is 0 Å². The van der Waals surface area contributed by atoms with Gasteiger partial charge in [-0.3, -0.25) is 0 Å². The standard InChI is InChI=1S/C32H59NO3/c1-8-33(9-2)21-31(35)20-25-27-14-13-26(23(5)12-10-11-22(3)4)29(27,6)17-16-28(25)30(7)18-15-24(34)19-32(30,31)36/h22-28,34-36H,8-21H2,1-7H3/t23-,24+,25+,26-,27+,28+,29-,30-,31+,32-/m1/s1. The lowest BCUT2D eigenvalue weighted by molar-refractivity contribution is -0.309. The average Bonchev–Trinajstić information content (AvgIpc) is 3.17. The summed E-state index contributed by atoms with van der Waals surface area (Å²) in [5, 5.41) is 35.7. The largest absolute Gasteiger partial charge is 0.393 e. The van der Waals surface area contributed by atoms with Gasteiger partial charge in [-0.15, -0.1) is 0 Å². The molecule has 0 heterocycles. The van der Waals surface area contributed by atoms with Crippen molar-refractivity contribution in [2.24, 2.45) is 46.3 Å². The molecule has 3 N–H and O–H groups in total. The first-order valence-corrected chi connectivity index (χ1v) is 15.7. The third-order valence-electron chi connectivity index (χ3n) is 12.7. The predicted molar refractivity (Wildman–Crippen MR) is 149 cm³/mol. The number of aliphatic hydroxyl groups excluding tert-OH is 1. The summed E-state index contributed by atoms with van der Waals surface area (Å²) in [5.74, 6) is 3.90. The molecule has 0 radical (unpaired) electrons. The van der Waals surface area contributed by atoms with Gasteiger partial charge < -0.3 is 20.2 Å². The number of aliphatic hydroxyl groups is 3. The van der Waals surface area contributed by atoms with E-state index < -0.39 is 17.3 Å². The van der Waals surface area contributed by atoms with E-state index >= 15 is 0 Å². The van der Waals surface area contributed by atoms with E-state index in [1.807, 2.05) is 0 Å². The van der Waals surface area contributed by atoms with Crippen LogP contribution >= 0.6 is 0 Å². The minimum Gasteiger partial charge on any atom is -0.393 e. The van der Waals surface area contributed by atoms with Crippen LogP contribution in [0.3, 0.4) is 0 Å². The molecular formula is C32H59NO3. The molecule has 4 saturated carbocycles. The van der Waals surface area contributed by atoms with Gasteiger partial charge in [0.2, 0.25) is 0 Å². The zero-order chi connectivity index (χ0) is 26.5. The van der Waals surface area contributed by atoms with Gasteiger partial charge in [0.05, 0.1) is 6.10 Å². The molecule has 210 valence electrons. The molecule has 4 nitrogen and oxygen atoms in total. The molecule has 10 atom stereocenters. The molecule has 4 aliphatic carbocycles. The van der Waals surface area contributed by atoms with Crippen molar-refractivity contribution in [3.05, 3.63) is 0 Å². The summed E-state index contributed by atoms with van der Waals surface area (Å²) in [6.45, 7) is 18.6. The number of hydrogen-bond acceptors (Lipinski definition) is 4. The predicted octanol–water partition coefficient (Wildman–Crippen LogP) is 6.27. The zero-order valence-corrected chi connectivity index (χ0v) is 24.7. The Morgan fingerprint density at radius 1 is 0.861 bits per heavy atom. The fourth-order valence-electron chi connectivity index (χ4n) is 10.5. The van der Waals surface area contributed by atoms with Crippen molar-refractivity contribution in [2.45, 2.75) is 136 Å². The zero-order valence-electron chi connectivity index (χ0n) is 24.7. The molecule has 4 fully saturated rings. The third-order valence-corrected chi connectivity index (χ3v) is 12.7. The Morgan fingerprint density at radius 2 is 1.56 bits per heavy atom. The van der Waals surface area contributed by atoms with E-state index in [1.54, 1.807) is 0 Å². The molecule has 0 bridgehead atoms. The summed E-state index contributed by atoms with van der Waals surface area (Å²) in [6.07, 6.45) is 11.2. The second kappa shape index (κ2) is 10.4. The number of hydrogen-bond donors (Lipinski definition) is 3. The summed E-state index contributed by atoms with van der Waals surface area (Å²) in [7, 11) is 0. The monoisotopic (exact) mass is 505 g/mol. The summed E-state index contributed by atoms with van der Waals surface area (Å²) in [6, 6.07) is 0. The van der Waals surface area contributed by atoms with Crippen LogP contribution in [0.2, 0.25) is 0 Å². The highest BCUT2D eigenvalue weighted by atomic mass is 16.4. The Kier molecular flexibility index (Phi) is 8.36. The van der Waals surface area contributed by atoms with Gasteiger partial charge >= 0.3 is 0 Å². The average molecular weight is 506 g/mol. The maximum atomic E-state index is 12.5. The molecule has 4 rings (SSSR count). The molecular weight excluding hydrogens is 446 g/mol. The van der Waals surface area contributed by atoms with E-state index in [1.165, 1.54) is 44.9 Å². The second-order valence-electron chi connectivity index (χ2n) is 14.8. The molecule has 0 saturated heterocycles. The number of nitrogens with zero attached hydrogens (tertiary/aromatic N) is 1. The van der Waals surface area contributed by atoms with Gasteiger partial charge in [-0.1, -0.05) is 67.7 Å². The first-order chi connectivity index (χ1) is 16.8. The molecule has 4 heteroatoms. The molecule has 0 aromatic heterocycles. The number of fused-ring (bicyclic) bond motifs is 5. The first-order valence-electron chi connectivity index (χ1n) is 15.7. The Morgan fingerprint density at radius 3 is 2.19 bits per heavy atom. The van der Waals surface area contributed by atoms with Crippen molar-refractivity contribution in [3.63, 3.8) is 0 Å². The van der Waals surface area contributed by atoms with Crippen molar-refractivity contribution >= 4 is 0 Å². The van der Waals surface area contributed by atoms with Crippen LogP contribution in [-0.2, 0) is 0 Å². The quantitative estimate of drug-likeness (QED) is 0.346. The topological polar surface area (TPSA) is 63.9 Å². The van der Waals surface area contributed by atoms with Crippen LogP contribution in [0, 0.1) is 46.3 Å². The fraction of sp³-hybridized carbons (Fsp3) is 1.00. The van der Waals surface area contributed by atoms with Gasteiger partial charge in [-0.2, -0.15) is 0 Å². The fourth-order valence-corrected chi connectivity index (χ4v) is 10.5. The van der Waals surface area contributed by atoms with Crippen LogP contribution in [0.25, 0.3) is 0 Å². The van der Waals surface area contributed by atoms with Gasteiger partial charge in [-0.25, -0.2) is 0 Å². The lowest BCUT2D eigenvalue weighted by Crippen LogP contribution is -2.76. The minimum absolute atomic E-state index is 0.321. The lowest BCUT2D eigenvalue weighted by atomic mass is 9.39. The summed E-state index contributed by atoms with van der Waals surface area (Å²) >= 11 is 0. The highest BCUT2D eigenvalue weighted by Crippen LogP contribution is 2.71. The summed E-state index contributed by atoms with van der Waals surface area (Å²) < 4.78 is 0. The van der Waals surface area contributed by atoms with Gasteiger partial charge in [0.25, 0.3) is 0 Å². The van der Waals surface area contributed by atoms with Crippen LogP contribution in [0.1, 0.15) is 119 Å². The number of likely N-dealkylation sites (N-methyl/N-ethyl adjacent to an activating group) is 1. The van der Waals surface area contributed by atoms with E-state index in [0.29, 0.717) is 42.6 Å². The van der Waals surface area contributed by atoms with E-state index in [4.69, 9.17) is 0 Å². The Bertz CT molecular complexity index is 754. The maximum absolute atomic E-state index is 12.5.